The molecule has 36 heavy (non-hydrogen) atoms. The van der Waals surface area contributed by atoms with Gasteiger partial charge in [0, 0.05) is 37.9 Å². The molecule has 2 N–H and O–H groups in total. The van der Waals surface area contributed by atoms with Crippen molar-refractivity contribution in [3.8, 4) is 11.8 Å². The van der Waals surface area contributed by atoms with E-state index in [1.807, 2.05) is 32.2 Å². The van der Waals surface area contributed by atoms with Crippen LogP contribution in [0.5, 0.6) is 5.75 Å². The van der Waals surface area contributed by atoms with Gasteiger partial charge in [-0.3, -0.25) is 9.59 Å². The van der Waals surface area contributed by atoms with Crippen LogP contribution in [0, 0.1) is 18.3 Å². The van der Waals surface area contributed by atoms with Crippen molar-refractivity contribution in [2.45, 2.75) is 45.7 Å². The molecule has 8 heteroatoms. The number of hydrogen-bond acceptors (Lipinski definition) is 6. The summed E-state index contributed by atoms with van der Waals surface area (Å²) in [4.78, 5) is 29.7. The van der Waals surface area contributed by atoms with Gasteiger partial charge >= 0.3 is 0 Å². The van der Waals surface area contributed by atoms with Crippen LogP contribution in [-0.4, -0.2) is 69.1 Å². The minimum atomic E-state index is -0.168. The molecule has 0 fully saturated rings. The molecule has 0 heterocycles. The Morgan fingerprint density at radius 3 is 2.56 bits per heavy atom. The lowest BCUT2D eigenvalue weighted by Gasteiger charge is -2.30. The summed E-state index contributed by atoms with van der Waals surface area (Å²) in [6.07, 6.45) is 1.55. The van der Waals surface area contributed by atoms with E-state index < -0.39 is 0 Å². The maximum absolute atomic E-state index is 13.4. The Balaban J connectivity index is 1.72. The number of carbonyl (C=O) groups excluding carboxylic acids is 2. The molecule has 0 radical (unpaired) electrons. The van der Waals surface area contributed by atoms with Gasteiger partial charge in [0.25, 0.3) is 0 Å². The Morgan fingerprint density at radius 2 is 1.86 bits per heavy atom. The standard InChI is InChI=1S/C28H37N5O3/c1-19(2)30-10-11-31-27(34)17-33(26-12-21(16-29)7-6-20(26)3)18-28(35)32(4)24-13-22-8-9-25(36-5)15-23(22)14-24/h6-9,12,15,19,24,30H,10-11,13-14,17-18H2,1-5H3,(H,31,34). The summed E-state index contributed by atoms with van der Waals surface area (Å²) in [6.45, 7) is 7.26. The highest BCUT2D eigenvalue weighted by Crippen LogP contribution is 2.29. The van der Waals surface area contributed by atoms with Crippen molar-refractivity contribution in [3.05, 3.63) is 58.7 Å². The minimum Gasteiger partial charge on any atom is -0.497 e. The molecule has 2 aromatic carbocycles. The van der Waals surface area contributed by atoms with Gasteiger partial charge in [0.2, 0.25) is 11.8 Å². The third-order valence-corrected chi connectivity index (χ3v) is 6.60. The van der Waals surface area contributed by atoms with Crippen LogP contribution in [-0.2, 0) is 22.4 Å². The molecule has 0 bridgehead atoms. The number of nitriles is 1. The van der Waals surface area contributed by atoms with Crippen LogP contribution in [0.15, 0.2) is 36.4 Å². The fourth-order valence-corrected chi connectivity index (χ4v) is 4.49. The zero-order valence-electron chi connectivity index (χ0n) is 21.9. The topological polar surface area (TPSA) is 97.7 Å². The lowest BCUT2D eigenvalue weighted by atomic mass is 10.1. The monoisotopic (exact) mass is 491 g/mol. The number of hydrogen-bond donors (Lipinski definition) is 2. The molecule has 1 aliphatic carbocycles. The molecule has 8 nitrogen and oxygen atoms in total. The van der Waals surface area contributed by atoms with Gasteiger partial charge in [-0.2, -0.15) is 5.26 Å². The number of amides is 2. The van der Waals surface area contributed by atoms with E-state index in [2.05, 4.69) is 36.6 Å². The van der Waals surface area contributed by atoms with Crippen molar-refractivity contribution < 1.29 is 14.3 Å². The second-order valence-electron chi connectivity index (χ2n) is 9.63. The largest absolute Gasteiger partial charge is 0.497 e. The molecule has 0 spiro atoms. The van der Waals surface area contributed by atoms with Crippen LogP contribution < -0.4 is 20.3 Å². The number of nitrogens with one attached hydrogen (secondary N) is 2. The molecule has 0 aliphatic heterocycles. The van der Waals surface area contributed by atoms with Gasteiger partial charge in [-0.15, -0.1) is 0 Å². The van der Waals surface area contributed by atoms with E-state index in [1.165, 1.54) is 11.1 Å². The Bertz CT molecular complexity index is 1120. The number of nitrogens with zero attached hydrogens (tertiary/aromatic N) is 3. The molecule has 192 valence electrons. The Hall–Kier alpha value is -3.57. The van der Waals surface area contributed by atoms with Crippen LogP contribution in [0.4, 0.5) is 5.69 Å². The number of aryl methyl sites for hydroxylation is 1. The molecule has 1 atom stereocenters. The van der Waals surface area contributed by atoms with Gasteiger partial charge in [-0.1, -0.05) is 26.0 Å². The second kappa shape index (κ2) is 12.4. The van der Waals surface area contributed by atoms with Crippen molar-refractivity contribution in [1.82, 2.24) is 15.5 Å². The molecule has 0 saturated heterocycles. The lowest BCUT2D eigenvalue weighted by molar-refractivity contribution is -0.130. The zero-order chi connectivity index (χ0) is 26.2. The van der Waals surface area contributed by atoms with Crippen molar-refractivity contribution in [1.29, 1.82) is 5.26 Å². The first kappa shape index (κ1) is 27.0. The minimum absolute atomic E-state index is 0.0269. The van der Waals surface area contributed by atoms with Crippen LogP contribution in [0.3, 0.4) is 0 Å². The van der Waals surface area contributed by atoms with E-state index >= 15 is 0 Å². The van der Waals surface area contributed by atoms with E-state index in [0.29, 0.717) is 30.4 Å². The van der Waals surface area contributed by atoms with E-state index in [-0.39, 0.29) is 30.9 Å². The number of carbonyl (C=O) groups is 2. The third-order valence-electron chi connectivity index (χ3n) is 6.60. The van der Waals surface area contributed by atoms with Gasteiger partial charge in [-0.05, 0) is 60.7 Å². The molecule has 1 aliphatic rings. The molecule has 1 unspecified atom stereocenters. The second-order valence-corrected chi connectivity index (χ2v) is 9.63. The van der Waals surface area contributed by atoms with Crippen molar-refractivity contribution in [2.75, 3.05) is 45.2 Å². The number of fused-ring (bicyclic) bond motifs is 1. The highest BCUT2D eigenvalue weighted by atomic mass is 16.5. The highest BCUT2D eigenvalue weighted by Gasteiger charge is 2.29. The number of methoxy groups -OCH3 is 1. The molecule has 0 aromatic heterocycles. The molecular formula is C28H37N5O3. The Morgan fingerprint density at radius 1 is 1.11 bits per heavy atom. The van der Waals surface area contributed by atoms with Gasteiger partial charge in [0.05, 0.1) is 31.8 Å². The van der Waals surface area contributed by atoms with E-state index in [1.54, 1.807) is 29.0 Å². The number of anilines is 1. The molecule has 2 aromatic rings. The fourth-order valence-electron chi connectivity index (χ4n) is 4.49. The normalized spacial score (nSPS) is 14.2. The first-order chi connectivity index (χ1) is 17.2. The number of likely N-dealkylation sites (N-methyl/N-ethyl adjacent to an activating group) is 1. The summed E-state index contributed by atoms with van der Waals surface area (Å²) in [5, 5.41) is 15.6. The Kier molecular flexibility index (Phi) is 9.31. The van der Waals surface area contributed by atoms with E-state index in [4.69, 9.17) is 4.74 Å². The molecule has 2 amide bonds. The number of rotatable bonds is 11. The highest BCUT2D eigenvalue weighted by molar-refractivity contribution is 5.87. The van der Waals surface area contributed by atoms with Crippen LogP contribution in [0.25, 0.3) is 0 Å². The average Bonchev–Trinajstić information content (AvgIpc) is 3.29. The summed E-state index contributed by atoms with van der Waals surface area (Å²) in [5.74, 6) is 0.575. The third kappa shape index (κ3) is 6.98. The maximum atomic E-state index is 13.4. The molecular weight excluding hydrogens is 454 g/mol. The maximum Gasteiger partial charge on any atom is 0.242 e. The quantitative estimate of drug-likeness (QED) is 0.469. The van der Waals surface area contributed by atoms with Crippen molar-refractivity contribution >= 4 is 17.5 Å². The molecule has 3 rings (SSSR count). The predicted molar refractivity (Wildman–Crippen MR) is 141 cm³/mol. The fraction of sp³-hybridized carbons (Fsp3) is 0.464. The van der Waals surface area contributed by atoms with Crippen LogP contribution in [0.1, 0.15) is 36.1 Å². The number of ether oxygens (including phenoxy) is 1. The van der Waals surface area contributed by atoms with Crippen LogP contribution >= 0.6 is 0 Å². The summed E-state index contributed by atoms with van der Waals surface area (Å²) < 4.78 is 5.35. The van der Waals surface area contributed by atoms with Gasteiger partial charge in [0.15, 0.2) is 0 Å². The first-order valence-corrected chi connectivity index (χ1v) is 12.4. The lowest BCUT2D eigenvalue weighted by Crippen LogP contribution is -2.47. The van der Waals surface area contributed by atoms with E-state index in [9.17, 15) is 14.9 Å². The number of benzene rings is 2. The summed E-state index contributed by atoms with van der Waals surface area (Å²) >= 11 is 0. The van der Waals surface area contributed by atoms with Gasteiger partial charge in [-0.25, -0.2) is 0 Å². The van der Waals surface area contributed by atoms with Gasteiger partial charge < -0.3 is 25.2 Å². The summed E-state index contributed by atoms with van der Waals surface area (Å²) in [6, 6.07) is 13.9. The van der Waals surface area contributed by atoms with Gasteiger partial charge in [0.1, 0.15) is 5.75 Å². The SMILES string of the molecule is COc1ccc2c(c1)CC(N(C)C(=O)CN(CC(=O)NCCNC(C)C)c1cc(C#N)ccc1C)C2. The Labute approximate surface area is 214 Å². The zero-order valence-corrected chi connectivity index (χ0v) is 21.9. The summed E-state index contributed by atoms with van der Waals surface area (Å²) in [7, 11) is 3.48. The molecule has 0 saturated carbocycles. The van der Waals surface area contributed by atoms with Crippen molar-refractivity contribution in [3.63, 3.8) is 0 Å². The predicted octanol–water partition coefficient (Wildman–Crippen LogP) is 2.42. The smallest absolute Gasteiger partial charge is 0.242 e. The first-order valence-electron chi connectivity index (χ1n) is 12.4. The van der Waals surface area contributed by atoms with Crippen molar-refractivity contribution in [2.24, 2.45) is 0 Å². The average molecular weight is 492 g/mol. The van der Waals surface area contributed by atoms with Crippen LogP contribution in [0.2, 0.25) is 0 Å². The van der Waals surface area contributed by atoms with E-state index in [0.717, 1.165) is 24.2 Å². The summed E-state index contributed by atoms with van der Waals surface area (Å²) in [5.41, 5.74) is 4.53.